The summed E-state index contributed by atoms with van der Waals surface area (Å²) in [5.74, 6) is 0.0254. The zero-order valence-electron chi connectivity index (χ0n) is 8.86. The lowest BCUT2D eigenvalue weighted by Crippen LogP contribution is -2.47. The van der Waals surface area contributed by atoms with E-state index in [-0.39, 0.29) is 24.0 Å². The summed E-state index contributed by atoms with van der Waals surface area (Å²) in [6.45, 7) is 3.24. The molecule has 2 bridgehead atoms. The number of hydrogen-bond acceptors (Lipinski definition) is 3. The molecule has 0 unspecified atom stereocenters. The van der Waals surface area contributed by atoms with Crippen molar-refractivity contribution < 1.29 is 14.3 Å². The lowest BCUT2D eigenvalue weighted by Gasteiger charge is -2.34. The third kappa shape index (κ3) is 1.91. The molecule has 3 aliphatic rings. The number of hydrogen-bond donors (Lipinski definition) is 1. The molecule has 3 fully saturated rings. The molecule has 1 N–H and O–H groups in total. The van der Waals surface area contributed by atoms with Crippen molar-refractivity contribution >= 4 is 12.0 Å². The SMILES string of the molecule is CCOC(=O)N1C[C@@H]2CC[C@H]1CNC2=O. The molecule has 2 atom stereocenters. The Labute approximate surface area is 88.8 Å². The van der Waals surface area contributed by atoms with Gasteiger partial charge in [-0.2, -0.15) is 0 Å². The van der Waals surface area contributed by atoms with Crippen LogP contribution in [0.4, 0.5) is 4.79 Å². The Bertz CT molecular complexity index is 280. The number of piperidine rings is 1. The number of carbonyl (C=O) groups is 2. The highest BCUT2D eigenvalue weighted by atomic mass is 16.6. The van der Waals surface area contributed by atoms with E-state index in [0.29, 0.717) is 19.7 Å². The van der Waals surface area contributed by atoms with Gasteiger partial charge in [0, 0.05) is 13.1 Å². The number of fused-ring (bicyclic) bond motifs is 4. The summed E-state index contributed by atoms with van der Waals surface area (Å²) in [4.78, 5) is 24.8. The molecule has 5 heteroatoms. The molecule has 0 aromatic rings. The Morgan fingerprint density at radius 1 is 1.60 bits per heavy atom. The van der Waals surface area contributed by atoms with E-state index in [9.17, 15) is 9.59 Å². The van der Waals surface area contributed by atoms with E-state index in [1.807, 2.05) is 0 Å². The number of nitrogens with one attached hydrogen (secondary N) is 1. The van der Waals surface area contributed by atoms with Crippen molar-refractivity contribution in [1.29, 1.82) is 0 Å². The summed E-state index contributed by atoms with van der Waals surface area (Å²) in [5.41, 5.74) is 0. The van der Waals surface area contributed by atoms with Gasteiger partial charge < -0.3 is 15.0 Å². The van der Waals surface area contributed by atoms with Crippen molar-refractivity contribution in [3.05, 3.63) is 0 Å². The normalized spacial score (nSPS) is 29.7. The molecule has 3 saturated heterocycles. The van der Waals surface area contributed by atoms with Gasteiger partial charge in [-0.1, -0.05) is 0 Å². The number of ether oxygens (including phenoxy) is 1. The van der Waals surface area contributed by atoms with Crippen molar-refractivity contribution in [2.24, 2.45) is 5.92 Å². The lowest BCUT2D eigenvalue weighted by atomic mass is 9.95. The summed E-state index contributed by atoms with van der Waals surface area (Å²) in [5, 5.41) is 2.85. The molecule has 3 aliphatic heterocycles. The summed E-state index contributed by atoms with van der Waals surface area (Å²) in [6, 6.07) is 0.117. The molecule has 2 amide bonds. The van der Waals surface area contributed by atoms with Crippen LogP contribution in [-0.2, 0) is 9.53 Å². The first-order valence-electron chi connectivity index (χ1n) is 5.43. The molecule has 0 aliphatic carbocycles. The van der Waals surface area contributed by atoms with Gasteiger partial charge in [-0.25, -0.2) is 4.79 Å². The van der Waals surface area contributed by atoms with Crippen LogP contribution in [-0.4, -0.2) is 42.6 Å². The van der Waals surface area contributed by atoms with Gasteiger partial charge in [-0.15, -0.1) is 0 Å². The largest absolute Gasteiger partial charge is 0.450 e. The summed E-state index contributed by atoms with van der Waals surface area (Å²) in [6.07, 6.45) is 1.48. The van der Waals surface area contributed by atoms with Crippen LogP contribution in [0, 0.1) is 5.92 Å². The molecular formula is C10H16N2O3. The quantitative estimate of drug-likeness (QED) is 0.682. The van der Waals surface area contributed by atoms with Gasteiger partial charge in [0.25, 0.3) is 0 Å². The molecule has 84 valence electrons. The molecule has 3 rings (SSSR count). The van der Waals surface area contributed by atoms with E-state index in [1.165, 1.54) is 0 Å². The molecule has 0 saturated carbocycles. The Kier molecular flexibility index (Phi) is 2.79. The fourth-order valence-electron chi connectivity index (χ4n) is 2.25. The van der Waals surface area contributed by atoms with E-state index in [1.54, 1.807) is 11.8 Å². The molecule has 3 heterocycles. The first-order valence-corrected chi connectivity index (χ1v) is 5.43. The Morgan fingerprint density at radius 3 is 3.13 bits per heavy atom. The zero-order chi connectivity index (χ0) is 10.8. The van der Waals surface area contributed by atoms with Crippen molar-refractivity contribution in [2.75, 3.05) is 19.7 Å². The second-order valence-electron chi connectivity index (χ2n) is 4.02. The minimum Gasteiger partial charge on any atom is -0.450 e. The van der Waals surface area contributed by atoms with Crippen molar-refractivity contribution in [1.82, 2.24) is 10.2 Å². The van der Waals surface area contributed by atoms with Gasteiger partial charge in [0.1, 0.15) is 0 Å². The van der Waals surface area contributed by atoms with Crippen LogP contribution in [0.25, 0.3) is 0 Å². The van der Waals surface area contributed by atoms with E-state index in [0.717, 1.165) is 12.8 Å². The molecule has 0 aromatic heterocycles. The van der Waals surface area contributed by atoms with Crippen molar-refractivity contribution in [2.45, 2.75) is 25.8 Å². The predicted octanol–water partition coefficient (Wildman–Crippen LogP) is 0.353. The van der Waals surface area contributed by atoms with Gasteiger partial charge in [0.15, 0.2) is 0 Å². The van der Waals surface area contributed by atoms with Crippen molar-refractivity contribution in [3.63, 3.8) is 0 Å². The van der Waals surface area contributed by atoms with E-state index in [2.05, 4.69) is 5.32 Å². The monoisotopic (exact) mass is 212 g/mol. The van der Waals surface area contributed by atoms with Gasteiger partial charge in [-0.3, -0.25) is 4.79 Å². The maximum absolute atomic E-state index is 11.6. The van der Waals surface area contributed by atoms with E-state index >= 15 is 0 Å². The van der Waals surface area contributed by atoms with Gasteiger partial charge >= 0.3 is 6.09 Å². The standard InChI is InChI=1S/C10H16N2O3/c1-2-15-10(14)12-6-7-3-4-8(12)5-11-9(7)13/h7-8H,2-6H2,1H3,(H,11,13)/t7-,8-/m0/s1. The maximum atomic E-state index is 11.6. The lowest BCUT2D eigenvalue weighted by molar-refractivity contribution is -0.124. The van der Waals surface area contributed by atoms with Crippen LogP contribution >= 0.6 is 0 Å². The molecule has 15 heavy (non-hydrogen) atoms. The minimum atomic E-state index is -0.288. The average molecular weight is 212 g/mol. The van der Waals surface area contributed by atoms with Crippen molar-refractivity contribution in [3.8, 4) is 0 Å². The molecule has 5 nitrogen and oxygen atoms in total. The van der Waals surface area contributed by atoms with Crippen LogP contribution in [0.5, 0.6) is 0 Å². The van der Waals surface area contributed by atoms with Crippen LogP contribution < -0.4 is 5.32 Å². The summed E-state index contributed by atoms with van der Waals surface area (Å²) >= 11 is 0. The fraction of sp³-hybridized carbons (Fsp3) is 0.800. The minimum absolute atomic E-state index is 0.0480. The number of amides is 2. The Balaban J connectivity index is 2.08. The third-order valence-electron chi connectivity index (χ3n) is 3.09. The maximum Gasteiger partial charge on any atom is 0.410 e. The summed E-state index contributed by atoms with van der Waals surface area (Å²) in [7, 11) is 0. The molecule has 0 aromatic carbocycles. The van der Waals surface area contributed by atoms with Crippen LogP contribution in [0.15, 0.2) is 0 Å². The van der Waals surface area contributed by atoms with E-state index in [4.69, 9.17) is 4.74 Å². The number of nitrogens with zero attached hydrogens (tertiary/aromatic N) is 1. The highest BCUT2D eigenvalue weighted by Gasteiger charge is 2.38. The van der Waals surface area contributed by atoms with Crippen LogP contribution in [0.3, 0.4) is 0 Å². The fourth-order valence-corrected chi connectivity index (χ4v) is 2.25. The molecule has 0 spiro atoms. The second kappa shape index (κ2) is 4.08. The van der Waals surface area contributed by atoms with Gasteiger partial charge in [0.05, 0.1) is 18.6 Å². The van der Waals surface area contributed by atoms with Gasteiger partial charge in [-0.05, 0) is 19.8 Å². The first-order chi connectivity index (χ1) is 7.22. The highest BCUT2D eigenvalue weighted by molar-refractivity contribution is 5.81. The summed E-state index contributed by atoms with van der Waals surface area (Å²) < 4.78 is 4.97. The Morgan fingerprint density at radius 2 is 2.40 bits per heavy atom. The zero-order valence-corrected chi connectivity index (χ0v) is 8.86. The Hall–Kier alpha value is -1.26. The average Bonchev–Trinajstić information content (AvgIpc) is 2.50. The second-order valence-corrected chi connectivity index (χ2v) is 4.02. The van der Waals surface area contributed by atoms with Crippen LogP contribution in [0.1, 0.15) is 19.8 Å². The first kappa shape index (κ1) is 10.3. The van der Waals surface area contributed by atoms with Crippen LogP contribution in [0.2, 0.25) is 0 Å². The third-order valence-corrected chi connectivity index (χ3v) is 3.09. The number of carbonyl (C=O) groups excluding carboxylic acids is 2. The number of rotatable bonds is 1. The van der Waals surface area contributed by atoms with Gasteiger partial charge in [0.2, 0.25) is 5.91 Å². The highest BCUT2D eigenvalue weighted by Crippen LogP contribution is 2.25. The molecular weight excluding hydrogens is 196 g/mol. The topological polar surface area (TPSA) is 58.6 Å². The van der Waals surface area contributed by atoms with E-state index < -0.39 is 0 Å². The smallest absolute Gasteiger partial charge is 0.410 e. The molecule has 0 radical (unpaired) electrons. The predicted molar refractivity (Wildman–Crippen MR) is 53.2 cm³/mol.